The highest BCUT2D eigenvalue weighted by Crippen LogP contribution is 2.22. The van der Waals surface area contributed by atoms with Gasteiger partial charge in [-0.15, -0.1) is 0 Å². The van der Waals surface area contributed by atoms with E-state index in [2.05, 4.69) is 0 Å². The third kappa shape index (κ3) is 2.53. The molecular weight excluding hydrogens is 230 g/mol. The molecule has 1 aromatic rings. The van der Waals surface area contributed by atoms with Crippen LogP contribution in [0.3, 0.4) is 0 Å². The Morgan fingerprint density at radius 3 is 2.83 bits per heavy atom. The molecule has 1 heterocycles. The van der Waals surface area contributed by atoms with Crippen LogP contribution in [0.25, 0.3) is 0 Å². The van der Waals surface area contributed by atoms with Crippen molar-refractivity contribution in [2.75, 3.05) is 20.2 Å². The largest absolute Gasteiger partial charge is 0.496 e. The van der Waals surface area contributed by atoms with Gasteiger partial charge in [-0.1, -0.05) is 11.6 Å². The van der Waals surface area contributed by atoms with Gasteiger partial charge in [0, 0.05) is 13.0 Å². The molecule has 0 saturated carbocycles. The molecule has 1 amide bonds. The van der Waals surface area contributed by atoms with E-state index in [-0.39, 0.29) is 18.2 Å². The van der Waals surface area contributed by atoms with Crippen molar-refractivity contribution < 1.29 is 14.3 Å². The van der Waals surface area contributed by atoms with Gasteiger partial charge in [0.1, 0.15) is 5.75 Å². The number of likely N-dealkylation sites (tertiary alicyclic amines) is 1. The van der Waals surface area contributed by atoms with E-state index in [1.807, 2.05) is 13.0 Å². The Balaban J connectivity index is 2.27. The predicted molar refractivity (Wildman–Crippen MR) is 67.9 cm³/mol. The second-order valence-corrected chi connectivity index (χ2v) is 4.57. The van der Waals surface area contributed by atoms with Crippen LogP contribution in [0.4, 0.5) is 0 Å². The summed E-state index contributed by atoms with van der Waals surface area (Å²) in [6.07, 6.45) is 1.33. The Morgan fingerprint density at radius 1 is 1.39 bits per heavy atom. The van der Waals surface area contributed by atoms with Gasteiger partial charge in [-0.05, 0) is 25.5 Å². The van der Waals surface area contributed by atoms with Crippen molar-refractivity contribution in [1.82, 2.24) is 4.90 Å². The minimum Gasteiger partial charge on any atom is -0.496 e. The number of amides is 1. The highest BCUT2D eigenvalue weighted by atomic mass is 16.5. The minimum absolute atomic E-state index is 0.122. The highest BCUT2D eigenvalue weighted by Gasteiger charge is 2.24. The van der Waals surface area contributed by atoms with Crippen molar-refractivity contribution in [1.29, 1.82) is 0 Å². The van der Waals surface area contributed by atoms with Crippen molar-refractivity contribution in [3.63, 3.8) is 0 Å². The molecular formula is C14H17NO3. The first-order chi connectivity index (χ1) is 8.61. The summed E-state index contributed by atoms with van der Waals surface area (Å²) < 4.78 is 5.21. The van der Waals surface area contributed by atoms with E-state index < -0.39 is 0 Å². The molecule has 96 valence electrons. The first-order valence-electron chi connectivity index (χ1n) is 6.07. The topological polar surface area (TPSA) is 46.6 Å². The molecule has 1 aliphatic heterocycles. The van der Waals surface area contributed by atoms with E-state index in [9.17, 15) is 9.59 Å². The van der Waals surface area contributed by atoms with Crippen LogP contribution in [-0.2, 0) is 4.79 Å². The lowest BCUT2D eigenvalue weighted by Gasteiger charge is -2.26. The Labute approximate surface area is 107 Å². The molecule has 4 heteroatoms. The van der Waals surface area contributed by atoms with Crippen molar-refractivity contribution >= 4 is 11.7 Å². The summed E-state index contributed by atoms with van der Waals surface area (Å²) in [7, 11) is 1.54. The van der Waals surface area contributed by atoms with Gasteiger partial charge in [0.2, 0.25) is 0 Å². The average Bonchev–Trinajstić information content (AvgIpc) is 2.38. The van der Waals surface area contributed by atoms with Crippen molar-refractivity contribution in [3.8, 4) is 5.75 Å². The lowest BCUT2D eigenvalue weighted by Crippen LogP contribution is -2.40. The maximum absolute atomic E-state index is 12.4. The number of hydrogen-bond acceptors (Lipinski definition) is 3. The molecule has 18 heavy (non-hydrogen) atoms. The molecule has 0 atom stereocenters. The van der Waals surface area contributed by atoms with Crippen LogP contribution < -0.4 is 4.74 Å². The van der Waals surface area contributed by atoms with Crippen molar-refractivity contribution in [2.45, 2.75) is 19.8 Å². The number of ketones is 1. The van der Waals surface area contributed by atoms with Gasteiger partial charge in [-0.25, -0.2) is 0 Å². The third-order valence-electron chi connectivity index (χ3n) is 3.12. The van der Waals surface area contributed by atoms with Gasteiger partial charge < -0.3 is 9.64 Å². The SMILES string of the molecule is COc1ccc(C)cc1C(=O)N1CCCC(=O)C1. The zero-order valence-electron chi connectivity index (χ0n) is 10.7. The molecule has 0 N–H and O–H groups in total. The molecule has 0 aliphatic carbocycles. The summed E-state index contributed by atoms with van der Waals surface area (Å²) in [6, 6.07) is 5.49. The Hall–Kier alpha value is -1.84. The molecule has 0 spiro atoms. The standard InChI is InChI=1S/C14H17NO3/c1-10-5-6-13(18-2)12(8-10)14(17)15-7-3-4-11(16)9-15/h5-6,8H,3-4,7,9H2,1-2H3. The number of benzene rings is 1. The van der Waals surface area contributed by atoms with Gasteiger partial charge in [0.05, 0.1) is 19.2 Å². The lowest BCUT2D eigenvalue weighted by atomic mass is 10.1. The number of rotatable bonds is 2. The molecule has 1 fully saturated rings. The maximum Gasteiger partial charge on any atom is 0.258 e. The van der Waals surface area contributed by atoms with E-state index in [4.69, 9.17) is 4.74 Å². The fourth-order valence-corrected chi connectivity index (χ4v) is 2.17. The molecule has 1 aromatic carbocycles. The Kier molecular flexibility index (Phi) is 3.65. The molecule has 0 radical (unpaired) electrons. The normalized spacial score (nSPS) is 15.7. The quantitative estimate of drug-likeness (QED) is 0.800. The monoisotopic (exact) mass is 247 g/mol. The number of piperidine rings is 1. The first-order valence-corrected chi connectivity index (χ1v) is 6.07. The molecule has 0 aromatic heterocycles. The number of hydrogen-bond donors (Lipinski definition) is 0. The minimum atomic E-state index is -0.122. The first kappa shape index (κ1) is 12.6. The number of carbonyl (C=O) groups is 2. The van der Waals surface area contributed by atoms with E-state index >= 15 is 0 Å². The van der Waals surface area contributed by atoms with Gasteiger partial charge in [0.15, 0.2) is 5.78 Å². The van der Waals surface area contributed by atoms with E-state index in [0.717, 1.165) is 12.0 Å². The Bertz CT molecular complexity index is 482. The van der Waals surface area contributed by atoms with E-state index in [1.54, 1.807) is 24.1 Å². The lowest BCUT2D eigenvalue weighted by molar-refractivity contribution is -0.121. The smallest absolute Gasteiger partial charge is 0.258 e. The predicted octanol–water partition coefficient (Wildman–Crippen LogP) is 1.81. The zero-order valence-corrected chi connectivity index (χ0v) is 10.7. The number of aryl methyl sites for hydroxylation is 1. The molecule has 0 unspecified atom stereocenters. The van der Waals surface area contributed by atoms with Gasteiger partial charge in [-0.3, -0.25) is 9.59 Å². The number of Topliss-reactive ketones (excluding diaryl/α,β-unsaturated/α-hetero) is 1. The maximum atomic E-state index is 12.4. The Morgan fingerprint density at radius 2 is 2.17 bits per heavy atom. The summed E-state index contributed by atoms with van der Waals surface area (Å²) in [5.74, 6) is 0.563. The summed E-state index contributed by atoms with van der Waals surface area (Å²) >= 11 is 0. The van der Waals surface area contributed by atoms with Crippen LogP contribution in [0.2, 0.25) is 0 Å². The summed E-state index contributed by atoms with van der Waals surface area (Å²) in [5, 5.41) is 0. The van der Waals surface area contributed by atoms with Gasteiger partial charge in [-0.2, -0.15) is 0 Å². The fourth-order valence-electron chi connectivity index (χ4n) is 2.17. The number of ether oxygens (including phenoxy) is 1. The average molecular weight is 247 g/mol. The van der Waals surface area contributed by atoms with E-state index in [0.29, 0.717) is 24.3 Å². The fraction of sp³-hybridized carbons (Fsp3) is 0.429. The van der Waals surface area contributed by atoms with Crippen molar-refractivity contribution in [2.24, 2.45) is 0 Å². The van der Waals surface area contributed by atoms with Crippen molar-refractivity contribution in [3.05, 3.63) is 29.3 Å². The third-order valence-corrected chi connectivity index (χ3v) is 3.12. The number of carbonyl (C=O) groups excluding carboxylic acids is 2. The van der Waals surface area contributed by atoms with Gasteiger partial charge >= 0.3 is 0 Å². The summed E-state index contributed by atoms with van der Waals surface area (Å²) in [6.45, 7) is 2.79. The summed E-state index contributed by atoms with van der Waals surface area (Å²) in [4.78, 5) is 25.4. The number of methoxy groups -OCH3 is 1. The molecule has 1 saturated heterocycles. The van der Waals surface area contributed by atoms with Crippen LogP contribution in [0.15, 0.2) is 18.2 Å². The second-order valence-electron chi connectivity index (χ2n) is 4.57. The molecule has 2 rings (SSSR count). The molecule has 4 nitrogen and oxygen atoms in total. The van der Waals surface area contributed by atoms with Crippen LogP contribution in [0, 0.1) is 6.92 Å². The van der Waals surface area contributed by atoms with Gasteiger partial charge in [0.25, 0.3) is 5.91 Å². The van der Waals surface area contributed by atoms with Crippen LogP contribution in [-0.4, -0.2) is 36.8 Å². The number of nitrogens with zero attached hydrogens (tertiary/aromatic N) is 1. The molecule has 0 bridgehead atoms. The highest BCUT2D eigenvalue weighted by molar-refractivity contribution is 5.99. The second kappa shape index (κ2) is 5.21. The zero-order chi connectivity index (χ0) is 13.1. The summed E-state index contributed by atoms with van der Waals surface area (Å²) in [5.41, 5.74) is 1.54. The van der Waals surface area contributed by atoms with E-state index in [1.165, 1.54) is 0 Å². The molecule has 1 aliphatic rings. The van der Waals surface area contributed by atoms with Crippen LogP contribution in [0.1, 0.15) is 28.8 Å². The van der Waals surface area contributed by atoms with Crippen LogP contribution >= 0.6 is 0 Å². The van der Waals surface area contributed by atoms with Crippen LogP contribution in [0.5, 0.6) is 5.75 Å².